The van der Waals surface area contributed by atoms with Crippen LogP contribution < -0.4 is 16.1 Å². The lowest BCUT2D eigenvalue weighted by Crippen LogP contribution is -2.35. The van der Waals surface area contributed by atoms with Crippen molar-refractivity contribution < 1.29 is 18.7 Å². The number of halogens is 2. The summed E-state index contributed by atoms with van der Waals surface area (Å²) in [5, 5.41) is 9.03. The Bertz CT molecular complexity index is 1030. The van der Waals surface area contributed by atoms with E-state index in [0.29, 0.717) is 13.1 Å². The van der Waals surface area contributed by atoms with Crippen molar-refractivity contribution in [3.05, 3.63) is 39.7 Å². The van der Waals surface area contributed by atoms with Gasteiger partial charge < -0.3 is 20.3 Å². The third-order valence-corrected chi connectivity index (χ3v) is 5.69. The van der Waals surface area contributed by atoms with Gasteiger partial charge in [0.05, 0.1) is 10.9 Å². The van der Waals surface area contributed by atoms with E-state index in [2.05, 4.69) is 0 Å². The van der Waals surface area contributed by atoms with E-state index in [-0.39, 0.29) is 34.1 Å². The maximum atomic E-state index is 15.5. The molecule has 8 heteroatoms. The second kappa shape index (κ2) is 5.76. The summed E-state index contributed by atoms with van der Waals surface area (Å²) in [7, 11) is 0. The fourth-order valence-corrected chi connectivity index (χ4v) is 3.84. The highest BCUT2D eigenvalue weighted by atomic mass is 19.1. The van der Waals surface area contributed by atoms with Gasteiger partial charge in [0.2, 0.25) is 5.43 Å². The number of hydrogen-bond acceptors (Lipinski definition) is 4. The number of carbonyl (C=O) groups is 1. The molecule has 1 aromatic heterocycles. The van der Waals surface area contributed by atoms with E-state index >= 15 is 4.39 Å². The van der Waals surface area contributed by atoms with E-state index in [0.717, 1.165) is 18.9 Å². The molecule has 4 rings (SSSR count). The number of carboxylic acids is 1. The maximum absolute atomic E-state index is 15.5. The highest BCUT2D eigenvalue weighted by molar-refractivity contribution is 5.94. The molecule has 1 saturated carbocycles. The van der Waals surface area contributed by atoms with Crippen molar-refractivity contribution in [1.82, 2.24) is 4.57 Å². The average molecular weight is 377 g/mol. The number of fused-ring (bicyclic) bond motifs is 1. The molecule has 27 heavy (non-hydrogen) atoms. The van der Waals surface area contributed by atoms with Crippen LogP contribution in [0, 0.1) is 17.0 Å². The third kappa shape index (κ3) is 2.70. The van der Waals surface area contributed by atoms with Crippen LogP contribution >= 0.6 is 0 Å². The van der Waals surface area contributed by atoms with E-state index in [4.69, 9.17) is 5.73 Å². The Hall–Kier alpha value is -2.48. The fraction of sp³-hybridized carbons (Fsp3) is 0.474. The molecule has 0 radical (unpaired) electrons. The number of pyridine rings is 1. The Balaban J connectivity index is 1.99. The van der Waals surface area contributed by atoms with Gasteiger partial charge in [0.15, 0.2) is 5.82 Å². The van der Waals surface area contributed by atoms with Crippen LogP contribution in [0.1, 0.15) is 43.1 Å². The van der Waals surface area contributed by atoms with Crippen molar-refractivity contribution in [2.75, 3.05) is 18.0 Å². The number of carboxylic acid groups (broad SMARTS) is 1. The number of hydrogen-bond donors (Lipinski definition) is 2. The van der Waals surface area contributed by atoms with E-state index in [1.165, 1.54) is 10.8 Å². The van der Waals surface area contributed by atoms with E-state index in [1.54, 1.807) is 4.90 Å². The number of benzene rings is 1. The molecular weight excluding hydrogens is 356 g/mol. The molecule has 3 N–H and O–H groups in total. The first-order valence-electron chi connectivity index (χ1n) is 8.92. The van der Waals surface area contributed by atoms with Gasteiger partial charge in [-0.15, -0.1) is 0 Å². The third-order valence-electron chi connectivity index (χ3n) is 5.69. The van der Waals surface area contributed by atoms with E-state index < -0.39 is 28.6 Å². The molecule has 2 aromatic rings. The molecule has 1 aromatic carbocycles. The zero-order valence-electron chi connectivity index (χ0n) is 15.1. The van der Waals surface area contributed by atoms with Gasteiger partial charge in [0.25, 0.3) is 0 Å². The van der Waals surface area contributed by atoms with Gasteiger partial charge in [-0.2, -0.15) is 0 Å². The van der Waals surface area contributed by atoms with Gasteiger partial charge in [-0.25, -0.2) is 13.6 Å². The van der Waals surface area contributed by atoms with Gasteiger partial charge in [-0.05, 0) is 24.3 Å². The zero-order valence-corrected chi connectivity index (χ0v) is 15.1. The van der Waals surface area contributed by atoms with Crippen LogP contribution in [-0.4, -0.2) is 34.8 Å². The van der Waals surface area contributed by atoms with E-state index in [1.807, 2.05) is 13.8 Å². The SMILES string of the molecule is CC1(C)CN(c2c(F)cc3c(=O)c(C(=O)O)cn(C4CC4)c3c2F)C[C@H]1N. The standard InChI is InChI=1S/C19H21F2N3O3/c1-19(2)8-23(7-13(19)22)16-12(20)5-10-15(14(16)21)24(9-3-4-9)6-11(17(10)25)18(26)27/h5-6,9,13H,3-4,7-8,22H2,1-2H3,(H,26,27)/t13-/m1/s1. The molecule has 2 heterocycles. The lowest BCUT2D eigenvalue weighted by Gasteiger charge is -2.24. The highest BCUT2D eigenvalue weighted by Crippen LogP contribution is 2.41. The molecule has 0 spiro atoms. The van der Waals surface area contributed by atoms with Crippen LogP contribution in [-0.2, 0) is 0 Å². The van der Waals surface area contributed by atoms with Gasteiger partial charge in [0.1, 0.15) is 17.1 Å². The first-order chi connectivity index (χ1) is 12.6. The molecule has 1 atom stereocenters. The van der Waals surface area contributed by atoms with Crippen LogP contribution in [0.2, 0.25) is 0 Å². The van der Waals surface area contributed by atoms with Crippen LogP contribution in [0.15, 0.2) is 17.1 Å². The van der Waals surface area contributed by atoms with Crippen molar-refractivity contribution in [3.63, 3.8) is 0 Å². The minimum Gasteiger partial charge on any atom is -0.477 e. The summed E-state index contributed by atoms with van der Waals surface area (Å²) in [5.74, 6) is -3.13. The van der Waals surface area contributed by atoms with Crippen molar-refractivity contribution in [2.24, 2.45) is 11.1 Å². The molecule has 0 unspecified atom stereocenters. The van der Waals surface area contributed by atoms with Crippen molar-refractivity contribution in [1.29, 1.82) is 0 Å². The predicted octanol–water partition coefficient (Wildman–Crippen LogP) is 2.49. The minimum absolute atomic E-state index is 0.0397. The summed E-state index contributed by atoms with van der Waals surface area (Å²) in [6, 6.07) is 0.626. The number of nitrogens with two attached hydrogens (primary N) is 1. The highest BCUT2D eigenvalue weighted by Gasteiger charge is 2.40. The summed E-state index contributed by atoms with van der Waals surface area (Å²) in [6.07, 6.45) is 2.69. The molecular formula is C19H21F2N3O3. The topological polar surface area (TPSA) is 88.6 Å². The van der Waals surface area contributed by atoms with E-state index in [9.17, 15) is 19.1 Å². The molecule has 2 fully saturated rings. The summed E-state index contributed by atoms with van der Waals surface area (Å²) in [4.78, 5) is 25.5. The number of nitrogens with zero attached hydrogens (tertiary/aromatic N) is 2. The Morgan fingerprint density at radius 1 is 1.33 bits per heavy atom. The van der Waals surface area contributed by atoms with Gasteiger partial charge in [-0.1, -0.05) is 13.8 Å². The molecule has 1 aliphatic carbocycles. The predicted molar refractivity (Wildman–Crippen MR) is 97.3 cm³/mol. The van der Waals surface area contributed by atoms with Crippen LogP contribution in [0.5, 0.6) is 0 Å². The Kier molecular flexibility index (Phi) is 3.82. The van der Waals surface area contributed by atoms with Gasteiger partial charge >= 0.3 is 5.97 Å². The summed E-state index contributed by atoms with van der Waals surface area (Å²) >= 11 is 0. The van der Waals surface area contributed by atoms with Crippen molar-refractivity contribution >= 4 is 22.6 Å². The monoisotopic (exact) mass is 377 g/mol. The molecule has 0 amide bonds. The van der Waals surface area contributed by atoms with Crippen LogP contribution in [0.25, 0.3) is 10.9 Å². The average Bonchev–Trinajstić information content (AvgIpc) is 3.35. The second-order valence-electron chi connectivity index (χ2n) is 8.21. The number of anilines is 1. The minimum atomic E-state index is -1.41. The molecule has 1 saturated heterocycles. The molecule has 0 bridgehead atoms. The number of rotatable bonds is 3. The van der Waals surface area contributed by atoms with Gasteiger partial charge in [-0.3, -0.25) is 4.79 Å². The Labute approximate surface area is 154 Å². The summed E-state index contributed by atoms with van der Waals surface area (Å²) < 4.78 is 31.8. The van der Waals surface area contributed by atoms with Crippen LogP contribution in [0.4, 0.5) is 14.5 Å². The molecule has 144 valence electrons. The van der Waals surface area contributed by atoms with Gasteiger partial charge in [0, 0.05) is 31.4 Å². The Morgan fingerprint density at radius 3 is 2.52 bits per heavy atom. The smallest absolute Gasteiger partial charge is 0.341 e. The lowest BCUT2D eigenvalue weighted by atomic mass is 9.89. The maximum Gasteiger partial charge on any atom is 0.341 e. The Morgan fingerprint density at radius 2 is 2.00 bits per heavy atom. The number of aromatic carboxylic acids is 1. The normalized spacial score (nSPS) is 21.8. The van der Waals surface area contributed by atoms with Crippen molar-refractivity contribution in [3.8, 4) is 0 Å². The molecule has 1 aliphatic heterocycles. The largest absolute Gasteiger partial charge is 0.477 e. The lowest BCUT2D eigenvalue weighted by molar-refractivity contribution is 0.0695. The molecule has 2 aliphatic rings. The second-order valence-corrected chi connectivity index (χ2v) is 8.21. The summed E-state index contributed by atoms with van der Waals surface area (Å²) in [6.45, 7) is 4.56. The summed E-state index contributed by atoms with van der Waals surface area (Å²) in [5.41, 5.74) is 4.20. The van der Waals surface area contributed by atoms with Crippen LogP contribution in [0.3, 0.4) is 0 Å². The fourth-order valence-electron chi connectivity index (χ4n) is 3.84. The molecule has 6 nitrogen and oxygen atoms in total. The zero-order chi connectivity index (χ0) is 19.7. The number of aromatic nitrogens is 1. The van der Waals surface area contributed by atoms with Crippen molar-refractivity contribution in [2.45, 2.75) is 38.8 Å². The first kappa shape index (κ1) is 17.9. The quantitative estimate of drug-likeness (QED) is 0.858. The first-order valence-corrected chi connectivity index (χ1v) is 8.92.